The maximum Gasteiger partial charge on any atom is 0.460 e. The van der Waals surface area contributed by atoms with Gasteiger partial charge in [0.1, 0.15) is 0 Å². The summed E-state index contributed by atoms with van der Waals surface area (Å²) in [5.74, 6) is -37.1. The molecule has 0 fully saturated rings. The Hall–Kier alpha value is -0.760. The monoisotopic (exact) mass is 456 g/mol. The van der Waals surface area contributed by atoms with Crippen LogP contribution in [0.3, 0.4) is 0 Å². The summed E-state index contributed by atoms with van der Waals surface area (Å²) in [5.41, 5.74) is 0. The topological polar surface area (TPSA) is 57.5 Å². The lowest BCUT2D eigenvalue weighted by Gasteiger charge is -2.39. The van der Waals surface area contributed by atoms with Crippen molar-refractivity contribution < 1.29 is 71.4 Å². The molecule has 0 bridgehead atoms. The first-order valence-electron chi connectivity index (χ1n) is 6.46. The summed E-state index contributed by atoms with van der Waals surface area (Å²) in [5, 5.41) is 0. The SMILES string of the molecule is O=P(O)(O)CCCCC(F)(F)C(F)(F)C(F)(F)C(F)(F)C(F)(F)C(F)(F)F. The molecular weight excluding hydrogens is 446 g/mol. The fourth-order valence-electron chi connectivity index (χ4n) is 1.62. The summed E-state index contributed by atoms with van der Waals surface area (Å²) < 4.78 is 176. The molecule has 0 radical (unpaired) electrons. The summed E-state index contributed by atoms with van der Waals surface area (Å²) in [4.78, 5) is 16.8. The lowest BCUT2D eigenvalue weighted by Crippen LogP contribution is -2.70. The average Bonchev–Trinajstić information content (AvgIpc) is 2.40. The van der Waals surface area contributed by atoms with Crippen molar-refractivity contribution in [1.29, 1.82) is 0 Å². The van der Waals surface area contributed by atoms with Crippen LogP contribution in [0, 0.1) is 0 Å². The maximum absolute atomic E-state index is 13.2. The van der Waals surface area contributed by atoms with Crippen LogP contribution in [0.15, 0.2) is 0 Å². The van der Waals surface area contributed by atoms with Crippen molar-refractivity contribution in [3.8, 4) is 0 Å². The van der Waals surface area contributed by atoms with Gasteiger partial charge in [-0.05, 0) is 12.8 Å². The van der Waals surface area contributed by atoms with Gasteiger partial charge in [0.2, 0.25) is 0 Å². The van der Waals surface area contributed by atoms with Gasteiger partial charge in [0.25, 0.3) is 0 Å². The Morgan fingerprint density at radius 2 is 0.963 bits per heavy atom. The summed E-state index contributed by atoms with van der Waals surface area (Å²) in [6, 6.07) is 0. The molecule has 0 rings (SSSR count). The average molecular weight is 456 g/mol. The zero-order chi connectivity index (χ0) is 22.3. The molecule has 0 aliphatic carbocycles. The summed E-state index contributed by atoms with van der Waals surface area (Å²) in [7, 11) is -4.81. The third-order valence-corrected chi connectivity index (χ3v) is 4.09. The van der Waals surface area contributed by atoms with Crippen LogP contribution in [-0.4, -0.2) is 51.7 Å². The van der Waals surface area contributed by atoms with E-state index in [0.717, 1.165) is 0 Å². The van der Waals surface area contributed by atoms with Crippen LogP contribution in [-0.2, 0) is 4.57 Å². The largest absolute Gasteiger partial charge is 0.460 e. The van der Waals surface area contributed by atoms with Crippen LogP contribution in [0.2, 0.25) is 0 Å². The molecule has 0 aromatic carbocycles. The Morgan fingerprint density at radius 1 is 0.593 bits per heavy atom. The number of hydrogen-bond donors (Lipinski definition) is 2. The lowest BCUT2D eigenvalue weighted by atomic mass is 9.92. The number of alkyl halides is 13. The van der Waals surface area contributed by atoms with E-state index in [1.54, 1.807) is 0 Å². The van der Waals surface area contributed by atoms with Gasteiger partial charge in [-0.2, -0.15) is 57.1 Å². The first kappa shape index (κ1) is 26.2. The van der Waals surface area contributed by atoms with Crippen LogP contribution in [0.5, 0.6) is 0 Å². The van der Waals surface area contributed by atoms with Gasteiger partial charge in [0, 0.05) is 12.6 Å². The number of unbranched alkanes of at least 4 members (excludes halogenated alkanes) is 1. The van der Waals surface area contributed by atoms with Crippen LogP contribution in [0.4, 0.5) is 57.1 Å². The smallest absolute Gasteiger partial charge is 0.324 e. The van der Waals surface area contributed by atoms with Crippen LogP contribution in [0.1, 0.15) is 19.3 Å². The molecule has 3 nitrogen and oxygen atoms in total. The van der Waals surface area contributed by atoms with E-state index in [9.17, 15) is 61.6 Å². The molecule has 0 saturated carbocycles. The van der Waals surface area contributed by atoms with Gasteiger partial charge in [-0.1, -0.05) is 0 Å². The Bertz CT molecular complexity index is 565. The fourth-order valence-corrected chi connectivity index (χ4v) is 2.26. The van der Waals surface area contributed by atoms with E-state index in [1.165, 1.54) is 0 Å². The van der Waals surface area contributed by atoms with E-state index < -0.39 is 68.8 Å². The van der Waals surface area contributed by atoms with E-state index in [0.29, 0.717) is 0 Å². The Kier molecular flexibility index (Phi) is 7.04. The first-order chi connectivity index (χ1) is 11.5. The number of halogens is 13. The quantitative estimate of drug-likeness (QED) is 0.290. The molecule has 164 valence electrons. The molecule has 0 heterocycles. The molecule has 0 aliphatic heterocycles. The minimum atomic E-state index is -7.95. The van der Waals surface area contributed by atoms with Gasteiger partial charge in [-0.25, -0.2) is 0 Å². The second-order valence-corrected chi connectivity index (χ2v) is 7.12. The maximum atomic E-state index is 13.2. The van der Waals surface area contributed by atoms with Gasteiger partial charge in [-0.3, -0.25) is 4.57 Å². The Morgan fingerprint density at radius 3 is 1.30 bits per heavy atom. The van der Waals surface area contributed by atoms with E-state index in [-0.39, 0.29) is 0 Å². The predicted molar refractivity (Wildman–Crippen MR) is 61.6 cm³/mol. The first-order valence-corrected chi connectivity index (χ1v) is 8.26. The molecule has 27 heavy (non-hydrogen) atoms. The van der Waals surface area contributed by atoms with Crippen molar-refractivity contribution in [1.82, 2.24) is 0 Å². The van der Waals surface area contributed by atoms with E-state index >= 15 is 0 Å². The van der Waals surface area contributed by atoms with Crippen LogP contribution in [0.25, 0.3) is 0 Å². The summed E-state index contributed by atoms with van der Waals surface area (Å²) in [6.07, 6.45) is -13.5. The lowest BCUT2D eigenvalue weighted by molar-refractivity contribution is -0.440. The minimum Gasteiger partial charge on any atom is -0.324 e. The molecular formula is C10H10F13O3P. The van der Waals surface area contributed by atoms with E-state index in [4.69, 9.17) is 9.79 Å². The van der Waals surface area contributed by atoms with E-state index in [1.807, 2.05) is 0 Å². The molecule has 2 N–H and O–H groups in total. The summed E-state index contributed by atoms with van der Waals surface area (Å²) in [6.45, 7) is 0. The molecule has 17 heteroatoms. The van der Waals surface area contributed by atoms with Crippen molar-refractivity contribution in [3.05, 3.63) is 0 Å². The fraction of sp³-hybridized carbons (Fsp3) is 1.00. The molecule has 0 atom stereocenters. The van der Waals surface area contributed by atoms with Crippen LogP contribution < -0.4 is 0 Å². The zero-order valence-corrected chi connectivity index (χ0v) is 13.4. The minimum absolute atomic E-state index is 0.989. The second kappa shape index (κ2) is 7.25. The molecule has 0 aromatic heterocycles. The predicted octanol–water partition coefficient (Wildman–Crippen LogP) is 5.07. The van der Waals surface area contributed by atoms with Crippen molar-refractivity contribution in [2.75, 3.05) is 6.16 Å². The molecule has 0 aliphatic rings. The van der Waals surface area contributed by atoms with Crippen LogP contribution >= 0.6 is 7.60 Å². The standard InChI is InChI=1S/C10H10F13O3P/c11-5(12,3-1-2-4-27(24,25)26)6(13,14)7(15,16)8(17,18)9(19,20)10(21,22)23/h1-4H2,(H2,24,25,26). The van der Waals surface area contributed by atoms with Gasteiger partial charge in [0.15, 0.2) is 0 Å². The highest BCUT2D eigenvalue weighted by molar-refractivity contribution is 7.51. The van der Waals surface area contributed by atoms with Gasteiger partial charge < -0.3 is 9.79 Å². The molecule has 0 amide bonds. The van der Waals surface area contributed by atoms with Crippen molar-refractivity contribution in [3.63, 3.8) is 0 Å². The highest BCUT2D eigenvalue weighted by Gasteiger charge is 2.90. The Balaban J connectivity index is 5.71. The third-order valence-electron chi connectivity index (χ3n) is 3.19. The van der Waals surface area contributed by atoms with E-state index in [2.05, 4.69) is 0 Å². The Labute approximate surface area is 141 Å². The molecule has 0 unspecified atom stereocenters. The molecule has 0 saturated heterocycles. The van der Waals surface area contributed by atoms with Crippen molar-refractivity contribution in [2.24, 2.45) is 0 Å². The third kappa shape index (κ3) is 4.81. The van der Waals surface area contributed by atoms with Gasteiger partial charge in [0.05, 0.1) is 0 Å². The van der Waals surface area contributed by atoms with Crippen molar-refractivity contribution in [2.45, 2.75) is 55.1 Å². The van der Waals surface area contributed by atoms with Gasteiger partial charge in [-0.15, -0.1) is 0 Å². The highest BCUT2D eigenvalue weighted by atomic mass is 31.2. The normalized spacial score (nSPS) is 16.0. The zero-order valence-electron chi connectivity index (χ0n) is 12.5. The van der Waals surface area contributed by atoms with Gasteiger partial charge >= 0.3 is 43.4 Å². The van der Waals surface area contributed by atoms with Crippen molar-refractivity contribution >= 4 is 7.60 Å². The second-order valence-electron chi connectivity index (χ2n) is 5.35. The molecule has 0 aromatic rings. The number of hydrogen-bond acceptors (Lipinski definition) is 1. The number of rotatable bonds is 9. The molecule has 0 spiro atoms. The highest BCUT2D eigenvalue weighted by Crippen LogP contribution is 2.60. The summed E-state index contributed by atoms with van der Waals surface area (Å²) >= 11 is 0.